The summed E-state index contributed by atoms with van der Waals surface area (Å²) in [6, 6.07) is 26.5. The summed E-state index contributed by atoms with van der Waals surface area (Å²) in [5, 5.41) is -1.85. The van der Waals surface area contributed by atoms with Crippen molar-refractivity contribution in [2.24, 2.45) is 0 Å². The SMILES string of the molecule is COc1ccc([P@@]2(=S)S[P@](=S)(c3ccc(OC)cc3)N2c2ccccc2)cc1. The average Bonchev–Trinajstić information content (AvgIpc) is 2.74. The molecule has 144 valence electrons. The van der Waals surface area contributed by atoms with Crippen LogP contribution in [0, 0.1) is 0 Å². The van der Waals surface area contributed by atoms with E-state index < -0.39 is 10.8 Å². The normalized spacial score (nSPS) is 23.7. The molecule has 1 saturated heterocycles. The fraction of sp³-hybridized carbons (Fsp3) is 0.100. The van der Waals surface area contributed by atoms with Crippen LogP contribution < -0.4 is 24.5 Å². The Hall–Kier alpha value is -1.29. The van der Waals surface area contributed by atoms with Gasteiger partial charge in [-0.15, -0.1) is 0 Å². The molecular weight excluding hydrogens is 444 g/mol. The molecule has 0 N–H and O–H groups in total. The van der Waals surface area contributed by atoms with Crippen LogP contribution >= 0.6 is 21.8 Å². The maximum atomic E-state index is 6.27. The van der Waals surface area contributed by atoms with E-state index in [0.717, 1.165) is 27.8 Å². The lowest BCUT2D eigenvalue weighted by atomic mass is 10.3. The predicted octanol–water partition coefficient (Wildman–Crippen LogP) is 5.53. The maximum Gasteiger partial charge on any atom is 0.129 e. The second-order valence-corrected chi connectivity index (χ2v) is 20.2. The minimum Gasteiger partial charge on any atom is -0.497 e. The molecule has 3 nitrogen and oxygen atoms in total. The fourth-order valence-corrected chi connectivity index (χ4v) is 28.5. The van der Waals surface area contributed by atoms with Crippen molar-refractivity contribution in [3.63, 3.8) is 0 Å². The maximum absolute atomic E-state index is 6.27. The zero-order valence-electron chi connectivity index (χ0n) is 15.4. The zero-order valence-corrected chi connectivity index (χ0v) is 19.6. The Bertz CT molecular complexity index is 1010. The van der Waals surface area contributed by atoms with Crippen LogP contribution in [-0.4, -0.2) is 14.2 Å². The van der Waals surface area contributed by atoms with Gasteiger partial charge in [-0.3, -0.25) is 4.44 Å². The number of ether oxygens (including phenoxy) is 2. The van der Waals surface area contributed by atoms with Crippen LogP contribution in [0.2, 0.25) is 0 Å². The van der Waals surface area contributed by atoms with Gasteiger partial charge in [-0.05, 0) is 71.7 Å². The third-order valence-electron chi connectivity index (χ3n) is 4.50. The highest BCUT2D eigenvalue weighted by atomic mass is 33.2. The van der Waals surface area contributed by atoms with Crippen molar-refractivity contribution in [2.75, 3.05) is 18.7 Å². The quantitative estimate of drug-likeness (QED) is 0.461. The highest BCUT2D eigenvalue weighted by molar-refractivity contribution is 9.09. The molecule has 0 aromatic heterocycles. The summed E-state index contributed by atoms with van der Waals surface area (Å²) in [5.41, 5.74) is 1.10. The van der Waals surface area contributed by atoms with Gasteiger partial charge in [0.15, 0.2) is 0 Å². The van der Waals surface area contributed by atoms with E-state index in [4.69, 9.17) is 33.1 Å². The number of hydrogen-bond donors (Lipinski definition) is 0. The van der Waals surface area contributed by atoms with Crippen molar-refractivity contribution in [1.82, 2.24) is 0 Å². The van der Waals surface area contributed by atoms with E-state index in [-0.39, 0.29) is 0 Å². The molecule has 3 aromatic rings. The molecule has 8 heteroatoms. The summed E-state index contributed by atoms with van der Waals surface area (Å²) in [4.78, 5) is 0. The molecule has 3 aromatic carbocycles. The largest absolute Gasteiger partial charge is 0.497 e. The Balaban J connectivity index is 1.80. The van der Waals surface area contributed by atoms with Gasteiger partial charge in [0.1, 0.15) is 22.3 Å². The Morgan fingerprint density at radius 1 is 0.679 bits per heavy atom. The van der Waals surface area contributed by atoms with Gasteiger partial charge < -0.3 is 9.47 Å². The third kappa shape index (κ3) is 3.32. The first-order valence-corrected chi connectivity index (χ1v) is 16.1. The molecule has 0 radical (unpaired) electrons. The van der Waals surface area contributed by atoms with Gasteiger partial charge in [0.25, 0.3) is 0 Å². The van der Waals surface area contributed by atoms with Gasteiger partial charge in [-0.2, -0.15) is 0 Å². The fourth-order valence-electron chi connectivity index (χ4n) is 3.07. The molecule has 2 atom stereocenters. The molecule has 28 heavy (non-hydrogen) atoms. The third-order valence-corrected chi connectivity index (χ3v) is 24.8. The van der Waals surface area contributed by atoms with E-state index in [2.05, 4.69) is 40.8 Å². The lowest BCUT2D eigenvalue weighted by Gasteiger charge is -2.54. The first kappa shape index (κ1) is 20.0. The van der Waals surface area contributed by atoms with Crippen molar-refractivity contribution in [3.05, 3.63) is 78.9 Å². The molecule has 0 amide bonds. The van der Waals surface area contributed by atoms with Crippen LogP contribution in [-0.2, 0) is 23.6 Å². The molecule has 1 aliphatic rings. The number of para-hydroxylation sites is 1. The van der Waals surface area contributed by atoms with Crippen molar-refractivity contribution >= 4 is 61.7 Å². The van der Waals surface area contributed by atoms with Crippen LogP contribution in [0.3, 0.4) is 0 Å². The summed E-state index contributed by atoms with van der Waals surface area (Å²) in [7, 11) is 3.34. The Morgan fingerprint density at radius 2 is 1.11 bits per heavy atom. The molecule has 1 aliphatic heterocycles. The van der Waals surface area contributed by atoms with E-state index in [9.17, 15) is 0 Å². The minimum absolute atomic E-state index is 0.830. The molecular formula is C20H19NO2P2S3. The van der Waals surface area contributed by atoms with Crippen molar-refractivity contribution < 1.29 is 9.47 Å². The summed E-state index contributed by atoms with van der Waals surface area (Å²) in [5.74, 6) is 1.66. The number of hydrogen-bond acceptors (Lipinski definition) is 5. The molecule has 1 heterocycles. The van der Waals surface area contributed by atoms with Crippen LogP contribution in [0.4, 0.5) is 5.69 Å². The minimum atomic E-state index is -2.07. The standard InChI is InChI=1S/C20H19NO2P2S3/c1-22-17-8-12-19(13-9-17)24(26)21(16-6-4-3-5-7-16)25(27,28-24)20-14-10-18(23-2)11-15-20/h3-15H,1-2H3/t24-,25-/m1/s1. The summed E-state index contributed by atoms with van der Waals surface area (Å²) in [6.07, 6.45) is 0. The summed E-state index contributed by atoms with van der Waals surface area (Å²) >= 11 is 14.4. The Morgan fingerprint density at radius 3 is 1.50 bits per heavy atom. The van der Waals surface area contributed by atoms with E-state index in [1.54, 1.807) is 14.2 Å². The number of methoxy groups -OCH3 is 2. The first-order valence-electron chi connectivity index (χ1n) is 8.58. The highest BCUT2D eigenvalue weighted by Crippen LogP contribution is 2.95. The molecule has 0 aliphatic carbocycles. The van der Waals surface area contributed by atoms with Crippen molar-refractivity contribution in [3.8, 4) is 11.5 Å². The van der Waals surface area contributed by atoms with Gasteiger partial charge in [0, 0.05) is 16.3 Å². The number of nitrogens with zero attached hydrogens (tertiary/aromatic N) is 1. The molecule has 0 spiro atoms. The van der Waals surface area contributed by atoms with E-state index in [0.29, 0.717) is 0 Å². The second-order valence-electron chi connectivity index (χ2n) is 6.14. The Kier molecular flexibility index (Phi) is 5.61. The van der Waals surface area contributed by atoms with Gasteiger partial charge in [-0.25, -0.2) is 0 Å². The number of anilines is 1. The van der Waals surface area contributed by atoms with E-state index >= 15 is 0 Å². The van der Waals surface area contributed by atoms with Crippen molar-refractivity contribution in [1.29, 1.82) is 0 Å². The molecule has 4 rings (SSSR count). The lowest BCUT2D eigenvalue weighted by molar-refractivity contribution is 0.415. The summed E-state index contributed by atoms with van der Waals surface area (Å²) < 4.78 is 13.0. The van der Waals surface area contributed by atoms with Gasteiger partial charge in [0.2, 0.25) is 0 Å². The molecule has 0 bridgehead atoms. The predicted molar refractivity (Wildman–Crippen MR) is 130 cm³/mol. The summed E-state index contributed by atoms with van der Waals surface area (Å²) in [6.45, 7) is 0. The Labute approximate surface area is 179 Å². The smallest absolute Gasteiger partial charge is 0.129 e. The van der Waals surface area contributed by atoms with Crippen LogP contribution in [0.5, 0.6) is 11.5 Å². The van der Waals surface area contributed by atoms with Gasteiger partial charge in [0.05, 0.1) is 14.2 Å². The van der Waals surface area contributed by atoms with Crippen LogP contribution in [0.1, 0.15) is 0 Å². The molecule has 1 fully saturated rings. The van der Waals surface area contributed by atoms with Crippen LogP contribution in [0.15, 0.2) is 78.9 Å². The highest BCUT2D eigenvalue weighted by Gasteiger charge is 2.52. The van der Waals surface area contributed by atoms with Gasteiger partial charge >= 0.3 is 0 Å². The first-order chi connectivity index (χ1) is 13.5. The number of benzene rings is 3. The van der Waals surface area contributed by atoms with Crippen molar-refractivity contribution in [2.45, 2.75) is 0 Å². The monoisotopic (exact) mass is 463 g/mol. The average molecular weight is 464 g/mol. The zero-order chi connectivity index (χ0) is 19.8. The molecule has 0 saturated carbocycles. The lowest BCUT2D eigenvalue weighted by Crippen LogP contribution is -2.32. The molecule has 0 unspecified atom stereocenters. The van der Waals surface area contributed by atoms with Gasteiger partial charge in [-0.1, -0.05) is 41.8 Å². The van der Waals surface area contributed by atoms with E-state index in [1.165, 1.54) is 0 Å². The van der Waals surface area contributed by atoms with Crippen LogP contribution in [0.25, 0.3) is 0 Å². The second kappa shape index (κ2) is 7.85. The number of rotatable bonds is 5. The topological polar surface area (TPSA) is 21.7 Å². The van der Waals surface area contributed by atoms with E-state index in [1.807, 2.05) is 53.5 Å².